The number of ketones is 2. The molecule has 0 saturated carbocycles. The number of pyridine rings is 2. The van der Waals surface area contributed by atoms with Gasteiger partial charge in [0, 0.05) is 29.8 Å². The summed E-state index contributed by atoms with van der Waals surface area (Å²) in [5, 5.41) is 3.02. The Morgan fingerprint density at radius 3 is 2.14 bits per heavy atom. The second-order valence-electron chi connectivity index (χ2n) is 9.65. The standard InChI is InChI=1S/C29H19N3O9S2/c1-32-21-12-11-19(31-18-10-9-15(42(36,37)38)14-22(18)43(39,40)41)24-25(21)23(16-6-2-3-7-17(16)27(24)33)26(29(32)35)28(34)20-8-4-5-13-30-20/h2-14,31H,1H3,(H,36,37,38)(H,39,40,41). The van der Waals surface area contributed by atoms with Crippen LogP contribution >= 0.6 is 0 Å². The highest BCUT2D eigenvalue weighted by Crippen LogP contribution is 2.44. The fourth-order valence-corrected chi connectivity index (χ4v) is 6.49. The number of rotatable bonds is 6. The number of aromatic nitrogens is 2. The molecule has 14 heteroatoms. The number of aryl methyl sites for hydroxylation is 1. The van der Waals surface area contributed by atoms with Crippen molar-refractivity contribution in [2.24, 2.45) is 7.05 Å². The number of carbonyl (C=O) groups is 2. The summed E-state index contributed by atoms with van der Waals surface area (Å²) in [5.41, 5.74) is -0.0976. The lowest BCUT2D eigenvalue weighted by molar-refractivity contribution is 0.102. The first kappa shape index (κ1) is 28.1. The molecule has 0 unspecified atom stereocenters. The van der Waals surface area contributed by atoms with Crippen LogP contribution in [0.5, 0.6) is 0 Å². The van der Waals surface area contributed by atoms with Crippen LogP contribution in [0.2, 0.25) is 0 Å². The second kappa shape index (κ2) is 9.78. The van der Waals surface area contributed by atoms with Crippen molar-refractivity contribution >= 4 is 54.1 Å². The van der Waals surface area contributed by atoms with Crippen LogP contribution < -0.4 is 10.9 Å². The molecule has 3 aromatic carbocycles. The van der Waals surface area contributed by atoms with Gasteiger partial charge < -0.3 is 9.88 Å². The molecule has 1 aliphatic rings. The third-order valence-electron chi connectivity index (χ3n) is 7.15. The van der Waals surface area contributed by atoms with Gasteiger partial charge in [-0.2, -0.15) is 16.8 Å². The van der Waals surface area contributed by atoms with Crippen molar-refractivity contribution in [2.75, 3.05) is 5.32 Å². The Labute approximate surface area is 243 Å². The molecule has 0 atom stereocenters. The number of hydrogen-bond donors (Lipinski definition) is 3. The van der Waals surface area contributed by atoms with Crippen LogP contribution in [0.3, 0.4) is 0 Å². The monoisotopic (exact) mass is 617 g/mol. The van der Waals surface area contributed by atoms with Crippen molar-refractivity contribution in [1.82, 2.24) is 9.55 Å². The number of nitrogens with zero attached hydrogens (tertiary/aromatic N) is 2. The van der Waals surface area contributed by atoms with E-state index in [-0.39, 0.29) is 44.7 Å². The summed E-state index contributed by atoms with van der Waals surface area (Å²) in [7, 11) is -8.42. The first-order valence-electron chi connectivity index (χ1n) is 12.4. The predicted octanol–water partition coefficient (Wildman–Crippen LogP) is 3.61. The van der Waals surface area contributed by atoms with Gasteiger partial charge in [0.05, 0.1) is 32.9 Å². The van der Waals surface area contributed by atoms with Gasteiger partial charge in [-0.1, -0.05) is 30.3 Å². The van der Waals surface area contributed by atoms with Crippen LogP contribution in [-0.2, 0) is 27.3 Å². The Kier molecular flexibility index (Phi) is 6.39. The van der Waals surface area contributed by atoms with Crippen LogP contribution in [0, 0.1) is 0 Å². The van der Waals surface area contributed by atoms with E-state index in [1.165, 1.54) is 42.1 Å². The van der Waals surface area contributed by atoms with Gasteiger partial charge in [-0.15, -0.1) is 0 Å². The predicted molar refractivity (Wildman–Crippen MR) is 155 cm³/mol. The van der Waals surface area contributed by atoms with Crippen LogP contribution in [0.25, 0.3) is 22.0 Å². The normalized spacial score (nSPS) is 12.7. The Balaban J connectivity index is 1.69. The summed E-state index contributed by atoms with van der Waals surface area (Å²) < 4.78 is 68.2. The molecule has 0 saturated heterocycles. The topological polar surface area (TPSA) is 190 Å². The van der Waals surface area contributed by atoms with Gasteiger partial charge >= 0.3 is 0 Å². The maximum atomic E-state index is 14.0. The van der Waals surface area contributed by atoms with Crippen molar-refractivity contribution in [3.8, 4) is 11.1 Å². The maximum absolute atomic E-state index is 14.0. The Bertz CT molecular complexity index is 2330. The van der Waals surface area contributed by atoms with Gasteiger partial charge in [-0.05, 0) is 48.0 Å². The summed E-state index contributed by atoms with van der Waals surface area (Å²) in [5.74, 6) is -1.17. The van der Waals surface area contributed by atoms with E-state index in [9.17, 15) is 40.3 Å². The van der Waals surface area contributed by atoms with Crippen LogP contribution in [0.15, 0.2) is 93.6 Å². The van der Waals surface area contributed by atoms with Crippen molar-refractivity contribution in [3.05, 3.63) is 112 Å². The number of benzene rings is 3. The van der Waals surface area contributed by atoms with Gasteiger partial charge in [-0.3, -0.25) is 28.5 Å². The third-order valence-corrected chi connectivity index (χ3v) is 8.90. The lowest BCUT2D eigenvalue weighted by Crippen LogP contribution is -2.29. The highest BCUT2D eigenvalue weighted by molar-refractivity contribution is 7.86. The van der Waals surface area contributed by atoms with E-state index in [1.54, 1.807) is 30.3 Å². The Morgan fingerprint density at radius 2 is 1.49 bits per heavy atom. The molecular formula is C29H19N3O9S2. The minimum atomic E-state index is -5.04. The molecule has 2 aromatic heterocycles. The Morgan fingerprint density at radius 1 is 0.814 bits per heavy atom. The first-order valence-corrected chi connectivity index (χ1v) is 15.3. The molecule has 5 aromatic rings. The molecule has 216 valence electrons. The zero-order valence-electron chi connectivity index (χ0n) is 22.0. The zero-order chi connectivity index (χ0) is 30.8. The third kappa shape index (κ3) is 4.53. The minimum absolute atomic E-state index is 0.00276. The molecule has 0 aliphatic heterocycles. The average Bonchev–Trinajstić information content (AvgIpc) is 2.97. The molecule has 0 fully saturated rings. The fourth-order valence-electron chi connectivity index (χ4n) is 5.24. The summed E-state index contributed by atoms with van der Waals surface area (Å²) in [6.45, 7) is 0. The second-order valence-corrected chi connectivity index (χ2v) is 12.5. The number of hydrogen-bond acceptors (Lipinski definition) is 9. The fraction of sp³-hybridized carbons (Fsp3) is 0.0345. The largest absolute Gasteiger partial charge is 0.354 e. The molecule has 12 nitrogen and oxygen atoms in total. The zero-order valence-corrected chi connectivity index (χ0v) is 23.6. The van der Waals surface area contributed by atoms with Crippen molar-refractivity contribution in [3.63, 3.8) is 0 Å². The molecule has 0 bridgehead atoms. The summed E-state index contributed by atoms with van der Waals surface area (Å²) in [6, 6.07) is 16.5. The Hall–Kier alpha value is -5.02. The van der Waals surface area contributed by atoms with Gasteiger partial charge in [0.25, 0.3) is 25.8 Å². The molecule has 43 heavy (non-hydrogen) atoms. The van der Waals surface area contributed by atoms with Gasteiger partial charge in [0.2, 0.25) is 5.78 Å². The van der Waals surface area contributed by atoms with E-state index in [0.717, 1.165) is 12.1 Å². The molecule has 0 radical (unpaired) electrons. The van der Waals surface area contributed by atoms with Crippen LogP contribution in [0.4, 0.5) is 11.4 Å². The molecule has 2 heterocycles. The molecular weight excluding hydrogens is 598 g/mol. The van der Waals surface area contributed by atoms with Crippen molar-refractivity contribution < 1.29 is 35.5 Å². The van der Waals surface area contributed by atoms with Gasteiger partial charge in [-0.25, -0.2) is 0 Å². The number of nitrogens with one attached hydrogen (secondary N) is 1. The first-order chi connectivity index (χ1) is 20.3. The molecule has 6 rings (SSSR count). The smallest absolute Gasteiger partial charge is 0.296 e. The van der Waals surface area contributed by atoms with Gasteiger partial charge in [0.15, 0.2) is 5.78 Å². The molecule has 3 N–H and O–H groups in total. The summed E-state index contributed by atoms with van der Waals surface area (Å²) in [6.07, 6.45) is 1.41. The van der Waals surface area contributed by atoms with Crippen LogP contribution in [0.1, 0.15) is 32.0 Å². The van der Waals surface area contributed by atoms with Crippen molar-refractivity contribution in [1.29, 1.82) is 0 Å². The van der Waals surface area contributed by atoms with Crippen molar-refractivity contribution in [2.45, 2.75) is 9.79 Å². The summed E-state index contributed by atoms with van der Waals surface area (Å²) >= 11 is 0. The number of carbonyl (C=O) groups excluding carboxylic acids is 2. The quantitative estimate of drug-likeness (QED) is 0.183. The van der Waals surface area contributed by atoms with E-state index in [2.05, 4.69) is 10.3 Å². The highest BCUT2D eigenvalue weighted by atomic mass is 32.2. The van der Waals surface area contributed by atoms with E-state index in [1.807, 2.05) is 0 Å². The van der Waals surface area contributed by atoms with E-state index >= 15 is 0 Å². The summed E-state index contributed by atoms with van der Waals surface area (Å²) in [4.78, 5) is 43.9. The van der Waals surface area contributed by atoms with E-state index < -0.39 is 47.2 Å². The lowest BCUT2D eigenvalue weighted by Gasteiger charge is -2.25. The number of anilines is 2. The van der Waals surface area contributed by atoms with Gasteiger partial charge in [0.1, 0.15) is 10.6 Å². The molecule has 1 aliphatic carbocycles. The maximum Gasteiger partial charge on any atom is 0.296 e. The van der Waals surface area contributed by atoms with E-state index in [0.29, 0.717) is 17.1 Å². The van der Waals surface area contributed by atoms with Crippen LogP contribution in [-0.4, -0.2) is 47.1 Å². The van der Waals surface area contributed by atoms with E-state index in [4.69, 9.17) is 0 Å². The molecule has 0 spiro atoms. The SMILES string of the molecule is Cn1c(=O)c(C(=O)c2ccccn2)c2c3c(c(Nc4ccc(S(=O)(=O)O)cc4S(=O)(=O)O)ccc31)C(=O)c1ccccc1-2. The minimum Gasteiger partial charge on any atom is -0.354 e. The average molecular weight is 618 g/mol. The number of fused-ring (bicyclic) bond motifs is 2. The lowest BCUT2D eigenvalue weighted by atomic mass is 9.80. The molecule has 0 amide bonds. The highest BCUT2D eigenvalue weighted by Gasteiger charge is 2.34.